The molecule has 0 radical (unpaired) electrons. The number of anilines is 1. The molecule has 0 spiro atoms. The topological polar surface area (TPSA) is 50.7 Å². The summed E-state index contributed by atoms with van der Waals surface area (Å²) in [6.07, 6.45) is 1.79. The number of hydrogen-bond acceptors (Lipinski definition) is 6. The molecule has 7 heteroatoms. The molecule has 0 bridgehead atoms. The third-order valence-corrected chi connectivity index (χ3v) is 3.94. The smallest absolute Gasteiger partial charge is 0.225 e. The number of hydrogen-bond donors (Lipinski definition) is 1. The first kappa shape index (κ1) is 10.9. The van der Waals surface area contributed by atoms with Crippen LogP contribution in [0.3, 0.4) is 0 Å². The van der Waals surface area contributed by atoms with E-state index in [9.17, 15) is 0 Å². The highest BCUT2D eigenvalue weighted by molar-refractivity contribution is 7.16. The molecule has 3 heterocycles. The van der Waals surface area contributed by atoms with Gasteiger partial charge in [-0.2, -0.15) is 0 Å². The Balaban J connectivity index is 1.91. The molecular weight excluding hydrogens is 276 g/mol. The molecule has 1 N–H and O–H groups in total. The van der Waals surface area contributed by atoms with E-state index in [4.69, 9.17) is 11.6 Å². The van der Waals surface area contributed by atoms with Crippen molar-refractivity contribution in [3.63, 3.8) is 0 Å². The van der Waals surface area contributed by atoms with Gasteiger partial charge in [0.25, 0.3) is 0 Å². The van der Waals surface area contributed by atoms with Crippen LogP contribution >= 0.6 is 34.3 Å². The van der Waals surface area contributed by atoms with Crippen molar-refractivity contribution in [2.75, 3.05) is 5.32 Å². The van der Waals surface area contributed by atoms with E-state index in [1.165, 1.54) is 0 Å². The van der Waals surface area contributed by atoms with Crippen molar-refractivity contribution in [3.8, 4) is 0 Å². The summed E-state index contributed by atoms with van der Waals surface area (Å²) < 4.78 is 0. The third kappa shape index (κ3) is 2.24. The van der Waals surface area contributed by atoms with E-state index in [1.54, 1.807) is 28.9 Å². The second kappa shape index (κ2) is 4.56. The van der Waals surface area contributed by atoms with E-state index in [-0.39, 0.29) is 5.28 Å². The molecule has 0 aliphatic heterocycles. The molecule has 3 rings (SSSR count). The molecule has 0 saturated carbocycles. The standard InChI is InChI=1S/C10H7ClN4S2/c11-10-14-8(6-1-3-17-9(6)15-10)13-5-7-12-2-4-16-7/h1-4H,5H2,(H,13,14,15). The molecule has 0 amide bonds. The zero-order valence-corrected chi connectivity index (χ0v) is 10.9. The van der Waals surface area contributed by atoms with Crippen LogP contribution in [-0.4, -0.2) is 15.0 Å². The lowest BCUT2D eigenvalue weighted by atomic mass is 10.4. The summed E-state index contributed by atoms with van der Waals surface area (Å²) >= 11 is 9.03. The first-order valence-corrected chi connectivity index (χ1v) is 6.99. The van der Waals surface area contributed by atoms with Gasteiger partial charge in [0.05, 0.1) is 11.9 Å². The average molecular weight is 283 g/mol. The first-order valence-electron chi connectivity index (χ1n) is 4.86. The van der Waals surface area contributed by atoms with Crippen molar-refractivity contribution in [2.24, 2.45) is 0 Å². The van der Waals surface area contributed by atoms with Crippen molar-refractivity contribution < 1.29 is 0 Å². The Morgan fingerprint density at radius 3 is 3.00 bits per heavy atom. The fourth-order valence-corrected chi connectivity index (χ4v) is 3.00. The zero-order chi connectivity index (χ0) is 11.7. The minimum atomic E-state index is 0.265. The Hall–Kier alpha value is -1.24. The van der Waals surface area contributed by atoms with Gasteiger partial charge in [-0.1, -0.05) is 0 Å². The van der Waals surface area contributed by atoms with Crippen LogP contribution in [0.25, 0.3) is 10.2 Å². The maximum atomic E-state index is 5.87. The fourth-order valence-electron chi connectivity index (χ4n) is 1.46. The number of rotatable bonds is 3. The van der Waals surface area contributed by atoms with E-state index >= 15 is 0 Å². The van der Waals surface area contributed by atoms with E-state index in [1.807, 2.05) is 16.8 Å². The summed E-state index contributed by atoms with van der Waals surface area (Å²) in [6.45, 7) is 0.649. The van der Waals surface area contributed by atoms with Crippen LogP contribution < -0.4 is 5.32 Å². The van der Waals surface area contributed by atoms with Crippen LogP contribution in [0.2, 0.25) is 5.28 Å². The van der Waals surface area contributed by atoms with Crippen LogP contribution in [0.5, 0.6) is 0 Å². The van der Waals surface area contributed by atoms with Crippen molar-refractivity contribution in [1.29, 1.82) is 0 Å². The molecule has 0 atom stereocenters. The Labute approximate surface area is 110 Å². The number of thiophene rings is 1. The predicted octanol–water partition coefficient (Wildman–Crippen LogP) is 3.41. The Bertz CT molecular complexity index is 635. The molecule has 0 fully saturated rings. The maximum Gasteiger partial charge on any atom is 0.225 e. The molecule has 0 aliphatic carbocycles. The van der Waals surface area contributed by atoms with E-state index in [0.29, 0.717) is 6.54 Å². The fraction of sp³-hybridized carbons (Fsp3) is 0.100. The van der Waals surface area contributed by atoms with Crippen molar-refractivity contribution in [1.82, 2.24) is 15.0 Å². The molecule has 17 heavy (non-hydrogen) atoms. The van der Waals surface area contributed by atoms with Crippen LogP contribution in [0, 0.1) is 0 Å². The molecule has 3 aromatic heterocycles. The second-order valence-corrected chi connectivity index (χ2v) is 5.47. The second-order valence-electron chi connectivity index (χ2n) is 3.26. The van der Waals surface area contributed by atoms with E-state index < -0.39 is 0 Å². The summed E-state index contributed by atoms with van der Waals surface area (Å²) in [4.78, 5) is 13.5. The predicted molar refractivity (Wildman–Crippen MR) is 71.9 cm³/mol. The largest absolute Gasteiger partial charge is 0.363 e. The van der Waals surface area contributed by atoms with Crippen LogP contribution in [0.1, 0.15) is 5.01 Å². The summed E-state index contributed by atoms with van der Waals surface area (Å²) in [5.74, 6) is 0.761. The summed E-state index contributed by atoms with van der Waals surface area (Å²) in [7, 11) is 0. The highest BCUT2D eigenvalue weighted by atomic mass is 35.5. The van der Waals surface area contributed by atoms with Gasteiger partial charge in [-0.25, -0.2) is 15.0 Å². The molecule has 0 unspecified atom stereocenters. The number of fused-ring (bicyclic) bond motifs is 1. The van der Waals surface area contributed by atoms with Gasteiger partial charge in [-0.15, -0.1) is 22.7 Å². The summed E-state index contributed by atoms with van der Waals surface area (Å²) in [6, 6.07) is 1.99. The lowest BCUT2D eigenvalue weighted by Crippen LogP contribution is -2.02. The van der Waals surface area contributed by atoms with Gasteiger partial charge in [-0.3, -0.25) is 0 Å². The summed E-state index contributed by atoms with van der Waals surface area (Å²) in [5.41, 5.74) is 0. The molecule has 0 saturated heterocycles. The van der Waals surface area contributed by atoms with Gasteiger partial charge in [-0.05, 0) is 23.0 Å². The summed E-state index contributed by atoms with van der Waals surface area (Å²) in [5, 5.41) is 9.44. The number of halogens is 1. The number of nitrogens with zero attached hydrogens (tertiary/aromatic N) is 3. The van der Waals surface area contributed by atoms with Crippen LogP contribution in [-0.2, 0) is 6.54 Å². The SMILES string of the molecule is Clc1nc(NCc2nccs2)c2ccsc2n1. The van der Waals surface area contributed by atoms with Gasteiger partial charge in [0, 0.05) is 11.6 Å². The van der Waals surface area contributed by atoms with Gasteiger partial charge in [0.15, 0.2) is 0 Å². The highest BCUT2D eigenvalue weighted by Gasteiger charge is 2.07. The molecular formula is C10H7ClN4S2. The normalized spacial score (nSPS) is 10.9. The Kier molecular flexibility index (Phi) is 2.92. The zero-order valence-electron chi connectivity index (χ0n) is 8.55. The molecule has 4 nitrogen and oxygen atoms in total. The van der Waals surface area contributed by atoms with Crippen LogP contribution in [0.4, 0.5) is 5.82 Å². The number of nitrogens with one attached hydrogen (secondary N) is 1. The van der Waals surface area contributed by atoms with Gasteiger partial charge in [0.2, 0.25) is 5.28 Å². The molecule has 86 valence electrons. The minimum absolute atomic E-state index is 0.265. The Morgan fingerprint density at radius 1 is 1.24 bits per heavy atom. The van der Waals surface area contributed by atoms with Gasteiger partial charge < -0.3 is 5.32 Å². The van der Waals surface area contributed by atoms with Crippen molar-refractivity contribution in [2.45, 2.75) is 6.54 Å². The molecule has 3 aromatic rings. The van der Waals surface area contributed by atoms with Gasteiger partial charge in [0.1, 0.15) is 15.7 Å². The molecule has 0 aromatic carbocycles. The first-order chi connectivity index (χ1) is 8.33. The minimum Gasteiger partial charge on any atom is -0.363 e. The molecule has 0 aliphatic rings. The van der Waals surface area contributed by atoms with Crippen LogP contribution in [0.15, 0.2) is 23.0 Å². The number of aromatic nitrogens is 3. The van der Waals surface area contributed by atoms with E-state index in [0.717, 1.165) is 21.0 Å². The lowest BCUT2D eigenvalue weighted by Gasteiger charge is -2.04. The lowest BCUT2D eigenvalue weighted by molar-refractivity contribution is 1.08. The van der Waals surface area contributed by atoms with E-state index in [2.05, 4.69) is 20.3 Å². The van der Waals surface area contributed by atoms with Gasteiger partial charge >= 0.3 is 0 Å². The maximum absolute atomic E-state index is 5.87. The van der Waals surface area contributed by atoms with Crippen molar-refractivity contribution in [3.05, 3.63) is 33.3 Å². The highest BCUT2D eigenvalue weighted by Crippen LogP contribution is 2.26. The van der Waals surface area contributed by atoms with Crippen molar-refractivity contribution >= 4 is 50.3 Å². The average Bonchev–Trinajstić information content (AvgIpc) is 2.95. The monoisotopic (exact) mass is 282 g/mol. The Morgan fingerprint density at radius 2 is 2.18 bits per heavy atom. The quantitative estimate of drug-likeness (QED) is 0.748. The number of thiazole rings is 1. The third-order valence-electron chi connectivity index (χ3n) is 2.19.